The predicted molar refractivity (Wildman–Crippen MR) is 55.2 cm³/mol. The monoisotopic (exact) mass is 316 g/mol. The van der Waals surface area contributed by atoms with E-state index in [-0.39, 0.29) is 5.78 Å². The molecule has 0 atom stereocenters. The second-order valence-electron chi connectivity index (χ2n) is 1.79. The smallest absolute Gasteiger partial charge is 0.183 e. The Morgan fingerprint density at radius 3 is 2.73 bits per heavy atom. The van der Waals surface area contributed by atoms with Gasteiger partial charge in [0.1, 0.15) is 4.34 Å². The molecule has 1 aromatic heterocycles. The van der Waals surface area contributed by atoms with Crippen LogP contribution in [0.2, 0.25) is 4.34 Å². The SMILES string of the molecule is O=C(CBr)c1cc(Br)c(Cl)s1. The van der Waals surface area contributed by atoms with E-state index in [0.29, 0.717) is 14.5 Å². The largest absolute Gasteiger partial charge is 0.292 e. The zero-order chi connectivity index (χ0) is 8.43. The van der Waals surface area contributed by atoms with Gasteiger partial charge in [-0.3, -0.25) is 4.79 Å². The highest BCUT2D eigenvalue weighted by Gasteiger charge is 2.10. The number of ketones is 1. The molecule has 0 radical (unpaired) electrons. The standard InChI is InChI=1S/C6H3Br2ClOS/c7-2-4(10)5-1-3(8)6(9)11-5/h1H,2H2. The van der Waals surface area contributed by atoms with Crippen molar-refractivity contribution in [3.05, 3.63) is 19.8 Å². The van der Waals surface area contributed by atoms with Gasteiger partial charge >= 0.3 is 0 Å². The number of halogens is 3. The molecule has 60 valence electrons. The maximum Gasteiger partial charge on any atom is 0.183 e. The van der Waals surface area contributed by atoms with E-state index in [0.717, 1.165) is 4.47 Å². The van der Waals surface area contributed by atoms with Crippen molar-refractivity contribution in [3.8, 4) is 0 Å². The van der Waals surface area contributed by atoms with E-state index in [4.69, 9.17) is 11.6 Å². The fourth-order valence-corrected chi connectivity index (χ4v) is 2.68. The Kier molecular flexibility index (Phi) is 3.55. The zero-order valence-electron chi connectivity index (χ0n) is 5.23. The number of carbonyl (C=O) groups is 1. The number of rotatable bonds is 2. The van der Waals surface area contributed by atoms with Crippen molar-refractivity contribution in [2.45, 2.75) is 0 Å². The molecule has 11 heavy (non-hydrogen) atoms. The van der Waals surface area contributed by atoms with Crippen LogP contribution in [0.5, 0.6) is 0 Å². The molecule has 1 nitrogen and oxygen atoms in total. The lowest BCUT2D eigenvalue weighted by Crippen LogP contribution is -1.94. The summed E-state index contributed by atoms with van der Waals surface area (Å²) < 4.78 is 1.41. The van der Waals surface area contributed by atoms with E-state index in [1.54, 1.807) is 6.07 Å². The molecular weight excluding hydrogens is 315 g/mol. The molecule has 1 rings (SSSR count). The van der Waals surface area contributed by atoms with Gasteiger partial charge in [-0.15, -0.1) is 11.3 Å². The lowest BCUT2D eigenvalue weighted by Gasteiger charge is -1.85. The number of carbonyl (C=O) groups excluding carboxylic acids is 1. The van der Waals surface area contributed by atoms with Gasteiger partial charge in [0.25, 0.3) is 0 Å². The molecule has 0 unspecified atom stereocenters. The first-order chi connectivity index (χ1) is 5.15. The summed E-state index contributed by atoms with van der Waals surface area (Å²) in [6.07, 6.45) is 0. The molecule has 0 amide bonds. The van der Waals surface area contributed by atoms with Crippen molar-refractivity contribution in [3.63, 3.8) is 0 Å². The van der Waals surface area contributed by atoms with E-state index in [1.807, 2.05) is 0 Å². The van der Waals surface area contributed by atoms with Crippen molar-refractivity contribution in [2.24, 2.45) is 0 Å². The van der Waals surface area contributed by atoms with Gasteiger partial charge < -0.3 is 0 Å². The molecule has 0 aliphatic rings. The van der Waals surface area contributed by atoms with Crippen LogP contribution in [0.3, 0.4) is 0 Å². The molecule has 0 aliphatic heterocycles. The van der Waals surface area contributed by atoms with Gasteiger partial charge in [-0.25, -0.2) is 0 Å². The van der Waals surface area contributed by atoms with Gasteiger partial charge in [0.05, 0.1) is 10.2 Å². The van der Waals surface area contributed by atoms with E-state index in [1.165, 1.54) is 11.3 Å². The number of thiophene rings is 1. The van der Waals surface area contributed by atoms with Crippen LogP contribution in [0.1, 0.15) is 9.67 Å². The van der Waals surface area contributed by atoms with Crippen LogP contribution in [0.25, 0.3) is 0 Å². The number of hydrogen-bond donors (Lipinski definition) is 0. The van der Waals surface area contributed by atoms with Crippen LogP contribution in [-0.4, -0.2) is 11.1 Å². The van der Waals surface area contributed by atoms with Gasteiger partial charge in [-0.1, -0.05) is 27.5 Å². The summed E-state index contributed by atoms with van der Waals surface area (Å²) in [6, 6.07) is 1.73. The highest BCUT2D eigenvalue weighted by Crippen LogP contribution is 2.32. The summed E-state index contributed by atoms with van der Waals surface area (Å²) >= 11 is 13.3. The molecule has 1 aromatic rings. The Bertz CT molecular complexity index is 265. The van der Waals surface area contributed by atoms with Crippen molar-refractivity contribution < 1.29 is 4.79 Å². The number of hydrogen-bond acceptors (Lipinski definition) is 2. The zero-order valence-corrected chi connectivity index (χ0v) is 9.98. The molecule has 0 bridgehead atoms. The molecular formula is C6H3Br2ClOS. The third-order valence-corrected chi connectivity index (χ3v) is 4.07. The van der Waals surface area contributed by atoms with Crippen LogP contribution in [0, 0.1) is 0 Å². The second-order valence-corrected chi connectivity index (χ2v) is 4.86. The van der Waals surface area contributed by atoms with Crippen molar-refractivity contribution >= 4 is 60.6 Å². The van der Waals surface area contributed by atoms with Crippen LogP contribution < -0.4 is 0 Å². The first-order valence-corrected chi connectivity index (χ1v) is 5.80. The summed E-state index contributed by atoms with van der Waals surface area (Å²) in [4.78, 5) is 11.7. The molecule has 0 fully saturated rings. The van der Waals surface area contributed by atoms with Gasteiger partial charge in [0.15, 0.2) is 5.78 Å². The molecule has 1 heterocycles. The van der Waals surface area contributed by atoms with Gasteiger partial charge in [0.2, 0.25) is 0 Å². The van der Waals surface area contributed by atoms with Crippen molar-refractivity contribution in [2.75, 3.05) is 5.33 Å². The topological polar surface area (TPSA) is 17.1 Å². The Morgan fingerprint density at radius 2 is 2.36 bits per heavy atom. The number of alkyl halides is 1. The molecule has 0 saturated carbocycles. The van der Waals surface area contributed by atoms with E-state index >= 15 is 0 Å². The van der Waals surface area contributed by atoms with E-state index in [2.05, 4.69) is 31.9 Å². The maximum atomic E-state index is 11.1. The fraction of sp³-hybridized carbons (Fsp3) is 0.167. The molecule has 0 aliphatic carbocycles. The first-order valence-electron chi connectivity index (χ1n) is 2.69. The van der Waals surface area contributed by atoms with Crippen molar-refractivity contribution in [1.29, 1.82) is 0 Å². The Morgan fingerprint density at radius 1 is 1.73 bits per heavy atom. The van der Waals surface area contributed by atoms with E-state index < -0.39 is 0 Å². The Balaban J connectivity index is 2.97. The highest BCUT2D eigenvalue weighted by molar-refractivity contribution is 9.10. The Labute approximate surface area is 90.0 Å². The summed E-state index contributed by atoms with van der Waals surface area (Å²) in [7, 11) is 0. The van der Waals surface area contributed by atoms with Gasteiger partial charge in [-0.2, -0.15) is 0 Å². The minimum atomic E-state index is 0.0580. The molecule has 0 aromatic carbocycles. The molecule has 0 spiro atoms. The summed E-state index contributed by atoms with van der Waals surface area (Å²) in [5.41, 5.74) is 0. The minimum Gasteiger partial charge on any atom is -0.292 e. The van der Waals surface area contributed by atoms with Crippen LogP contribution in [-0.2, 0) is 0 Å². The average molecular weight is 318 g/mol. The molecule has 5 heteroatoms. The van der Waals surface area contributed by atoms with Gasteiger partial charge in [-0.05, 0) is 22.0 Å². The molecule has 0 N–H and O–H groups in total. The normalized spacial score (nSPS) is 10.1. The highest BCUT2D eigenvalue weighted by atomic mass is 79.9. The summed E-state index contributed by atoms with van der Waals surface area (Å²) in [6.45, 7) is 0. The van der Waals surface area contributed by atoms with Crippen LogP contribution >= 0.6 is 54.8 Å². The Hall–Kier alpha value is 0.620. The average Bonchev–Trinajstić information content (AvgIpc) is 2.31. The van der Waals surface area contributed by atoms with E-state index in [9.17, 15) is 4.79 Å². The third kappa shape index (κ3) is 2.28. The number of Topliss-reactive ketones (excluding diaryl/α,β-unsaturated/α-hetero) is 1. The summed E-state index contributed by atoms with van der Waals surface area (Å²) in [5, 5.41) is 0.344. The van der Waals surface area contributed by atoms with Crippen LogP contribution in [0.4, 0.5) is 0 Å². The lowest BCUT2D eigenvalue weighted by molar-refractivity contribution is 0.102. The fourth-order valence-electron chi connectivity index (χ4n) is 0.550. The second kappa shape index (κ2) is 4.03. The quantitative estimate of drug-likeness (QED) is 0.600. The lowest BCUT2D eigenvalue weighted by atomic mass is 10.4. The predicted octanol–water partition coefficient (Wildman–Crippen LogP) is 3.74. The first kappa shape index (κ1) is 9.71. The van der Waals surface area contributed by atoms with Gasteiger partial charge in [0, 0.05) is 4.47 Å². The van der Waals surface area contributed by atoms with Crippen LogP contribution in [0.15, 0.2) is 10.5 Å². The minimum absolute atomic E-state index is 0.0580. The summed E-state index contributed by atoms with van der Waals surface area (Å²) in [5.74, 6) is 0.0580. The van der Waals surface area contributed by atoms with Crippen molar-refractivity contribution in [1.82, 2.24) is 0 Å². The maximum absolute atomic E-state index is 11.1. The third-order valence-electron chi connectivity index (χ3n) is 1.04. The molecule has 0 saturated heterocycles.